The second-order valence-electron chi connectivity index (χ2n) is 4.46. The van der Waals surface area contributed by atoms with Crippen LogP contribution in [0.15, 0.2) is 42.5 Å². The van der Waals surface area contributed by atoms with Crippen molar-refractivity contribution >= 4 is 17.3 Å². The molecule has 19 heavy (non-hydrogen) atoms. The molecule has 0 aliphatic rings. The van der Waals surface area contributed by atoms with Crippen molar-refractivity contribution in [2.45, 2.75) is 20.0 Å². The lowest BCUT2D eigenvalue weighted by Crippen LogP contribution is -2.05. The highest BCUT2D eigenvalue weighted by Gasteiger charge is 2.04. The molecule has 0 bridgehead atoms. The zero-order chi connectivity index (χ0) is 13.8. The van der Waals surface area contributed by atoms with Gasteiger partial charge in [0.05, 0.1) is 6.10 Å². The first-order valence-electron chi connectivity index (χ1n) is 6.03. The van der Waals surface area contributed by atoms with E-state index >= 15 is 0 Å². The molecular weight excluding hydrogens is 262 g/mol. The van der Waals surface area contributed by atoms with Gasteiger partial charge in [0.1, 0.15) is 17.2 Å². The van der Waals surface area contributed by atoms with Gasteiger partial charge in [-0.15, -0.1) is 0 Å². The van der Waals surface area contributed by atoms with E-state index in [1.54, 1.807) is 30.3 Å². The van der Waals surface area contributed by atoms with E-state index in [1.807, 2.05) is 26.0 Å². The first-order valence-corrected chi connectivity index (χ1v) is 6.41. The number of halogens is 1. The fourth-order valence-corrected chi connectivity index (χ4v) is 1.84. The lowest BCUT2D eigenvalue weighted by Gasteiger charge is -2.13. The summed E-state index contributed by atoms with van der Waals surface area (Å²) in [7, 11) is 0. The Kier molecular flexibility index (Phi) is 4.17. The Morgan fingerprint density at radius 1 is 1.00 bits per heavy atom. The van der Waals surface area contributed by atoms with Crippen LogP contribution in [0, 0.1) is 0 Å². The Morgan fingerprint density at radius 2 is 1.74 bits per heavy atom. The second kappa shape index (κ2) is 5.85. The van der Waals surface area contributed by atoms with Crippen molar-refractivity contribution in [3.05, 3.63) is 47.5 Å². The van der Waals surface area contributed by atoms with Gasteiger partial charge in [0.25, 0.3) is 0 Å². The van der Waals surface area contributed by atoms with E-state index in [1.165, 1.54) is 0 Å². The quantitative estimate of drug-likeness (QED) is 0.837. The van der Waals surface area contributed by atoms with Crippen molar-refractivity contribution in [2.24, 2.45) is 0 Å². The average molecular weight is 278 g/mol. The summed E-state index contributed by atoms with van der Waals surface area (Å²) in [5.41, 5.74) is 6.43. The van der Waals surface area contributed by atoms with Gasteiger partial charge in [0, 0.05) is 28.9 Å². The number of nitrogen functional groups attached to an aromatic ring is 1. The van der Waals surface area contributed by atoms with Crippen LogP contribution in [0.4, 0.5) is 5.69 Å². The van der Waals surface area contributed by atoms with E-state index in [9.17, 15) is 0 Å². The molecule has 0 saturated heterocycles. The van der Waals surface area contributed by atoms with E-state index in [-0.39, 0.29) is 6.10 Å². The monoisotopic (exact) mass is 277 g/mol. The van der Waals surface area contributed by atoms with Crippen molar-refractivity contribution in [2.75, 3.05) is 5.73 Å². The van der Waals surface area contributed by atoms with E-state index in [2.05, 4.69) is 0 Å². The Balaban J connectivity index is 2.22. The molecule has 4 heteroatoms. The van der Waals surface area contributed by atoms with Crippen molar-refractivity contribution in [1.82, 2.24) is 0 Å². The predicted octanol–water partition coefficient (Wildman–Crippen LogP) is 4.50. The fraction of sp³-hybridized carbons (Fsp3) is 0.200. The molecule has 0 radical (unpaired) electrons. The van der Waals surface area contributed by atoms with Gasteiger partial charge < -0.3 is 15.2 Å². The molecule has 0 spiro atoms. The van der Waals surface area contributed by atoms with Crippen molar-refractivity contribution in [3.8, 4) is 17.2 Å². The van der Waals surface area contributed by atoms with Crippen LogP contribution in [0.1, 0.15) is 13.8 Å². The van der Waals surface area contributed by atoms with Crippen LogP contribution in [0.5, 0.6) is 17.2 Å². The molecule has 0 amide bonds. The molecule has 0 aliphatic carbocycles. The van der Waals surface area contributed by atoms with Gasteiger partial charge in [-0.3, -0.25) is 0 Å². The lowest BCUT2D eigenvalue weighted by atomic mass is 10.2. The van der Waals surface area contributed by atoms with Crippen LogP contribution in [0.2, 0.25) is 5.02 Å². The Labute approximate surface area is 117 Å². The number of ether oxygens (including phenoxy) is 2. The second-order valence-corrected chi connectivity index (χ2v) is 4.90. The number of hydrogen-bond donors (Lipinski definition) is 1. The molecule has 100 valence electrons. The molecule has 0 aromatic heterocycles. The summed E-state index contributed by atoms with van der Waals surface area (Å²) in [6, 6.07) is 12.5. The molecule has 3 nitrogen and oxygen atoms in total. The fourth-order valence-electron chi connectivity index (χ4n) is 1.66. The third kappa shape index (κ3) is 4.07. The standard InChI is InChI=1S/C15H16ClNO2/c1-10(2)18-14-7-12(17)8-15(9-14)19-13-5-3-4-11(16)6-13/h3-10H,17H2,1-2H3. The molecule has 2 aromatic rings. The van der Waals surface area contributed by atoms with Crippen LogP contribution in [0.25, 0.3) is 0 Å². The van der Waals surface area contributed by atoms with E-state index < -0.39 is 0 Å². The van der Waals surface area contributed by atoms with Crippen molar-refractivity contribution < 1.29 is 9.47 Å². The third-order valence-electron chi connectivity index (χ3n) is 2.31. The SMILES string of the molecule is CC(C)Oc1cc(N)cc(Oc2cccc(Cl)c2)c1. The number of benzene rings is 2. The Morgan fingerprint density at radius 3 is 2.42 bits per heavy atom. The summed E-state index contributed by atoms with van der Waals surface area (Å²) in [5, 5.41) is 0.625. The van der Waals surface area contributed by atoms with Gasteiger partial charge in [-0.05, 0) is 32.0 Å². The molecule has 0 heterocycles. The van der Waals surface area contributed by atoms with E-state index in [0.717, 1.165) is 0 Å². The molecule has 0 fully saturated rings. The van der Waals surface area contributed by atoms with Crippen LogP contribution < -0.4 is 15.2 Å². The van der Waals surface area contributed by atoms with Gasteiger partial charge in [0.2, 0.25) is 0 Å². The van der Waals surface area contributed by atoms with Crippen LogP contribution in [-0.2, 0) is 0 Å². The highest BCUT2D eigenvalue weighted by Crippen LogP contribution is 2.30. The summed E-state index contributed by atoms with van der Waals surface area (Å²) in [5.74, 6) is 1.97. The van der Waals surface area contributed by atoms with Gasteiger partial charge in [-0.1, -0.05) is 17.7 Å². The smallest absolute Gasteiger partial charge is 0.133 e. The normalized spacial score (nSPS) is 10.5. The molecule has 0 saturated carbocycles. The van der Waals surface area contributed by atoms with Gasteiger partial charge >= 0.3 is 0 Å². The number of rotatable bonds is 4. The minimum Gasteiger partial charge on any atom is -0.491 e. The predicted molar refractivity (Wildman–Crippen MR) is 78.1 cm³/mol. The highest BCUT2D eigenvalue weighted by molar-refractivity contribution is 6.30. The van der Waals surface area contributed by atoms with Crippen LogP contribution in [-0.4, -0.2) is 6.10 Å². The Bertz CT molecular complexity index is 570. The summed E-state index contributed by atoms with van der Waals surface area (Å²) in [6.45, 7) is 3.92. The lowest BCUT2D eigenvalue weighted by molar-refractivity contribution is 0.242. The van der Waals surface area contributed by atoms with E-state index in [0.29, 0.717) is 28.0 Å². The zero-order valence-electron chi connectivity index (χ0n) is 10.9. The maximum Gasteiger partial charge on any atom is 0.133 e. The molecule has 2 aromatic carbocycles. The summed E-state index contributed by atoms with van der Waals surface area (Å²) >= 11 is 5.91. The van der Waals surface area contributed by atoms with E-state index in [4.69, 9.17) is 26.8 Å². The first kappa shape index (κ1) is 13.6. The average Bonchev–Trinajstić information content (AvgIpc) is 2.26. The first-order chi connectivity index (χ1) is 9.02. The molecule has 0 unspecified atom stereocenters. The van der Waals surface area contributed by atoms with Gasteiger partial charge in [-0.25, -0.2) is 0 Å². The molecule has 2 N–H and O–H groups in total. The highest BCUT2D eigenvalue weighted by atomic mass is 35.5. The van der Waals surface area contributed by atoms with Crippen molar-refractivity contribution in [1.29, 1.82) is 0 Å². The summed E-state index contributed by atoms with van der Waals surface area (Å²) in [4.78, 5) is 0. The summed E-state index contributed by atoms with van der Waals surface area (Å²) < 4.78 is 11.3. The number of hydrogen-bond acceptors (Lipinski definition) is 3. The minimum atomic E-state index is 0.0841. The largest absolute Gasteiger partial charge is 0.491 e. The number of anilines is 1. The van der Waals surface area contributed by atoms with Gasteiger partial charge in [-0.2, -0.15) is 0 Å². The molecule has 0 atom stereocenters. The Hall–Kier alpha value is -1.87. The van der Waals surface area contributed by atoms with Crippen molar-refractivity contribution in [3.63, 3.8) is 0 Å². The molecular formula is C15H16ClNO2. The summed E-state index contributed by atoms with van der Waals surface area (Å²) in [6.07, 6.45) is 0.0841. The topological polar surface area (TPSA) is 44.5 Å². The van der Waals surface area contributed by atoms with Crippen LogP contribution >= 0.6 is 11.6 Å². The molecule has 2 rings (SSSR count). The zero-order valence-corrected chi connectivity index (χ0v) is 11.6. The molecule has 0 aliphatic heterocycles. The maximum absolute atomic E-state index is 5.91. The minimum absolute atomic E-state index is 0.0841. The van der Waals surface area contributed by atoms with Gasteiger partial charge in [0.15, 0.2) is 0 Å². The number of nitrogens with two attached hydrogens (primary N) is 1. The third-order valence-corrected chi connectivity index (χ3v) is 2.54. The maximum atomic E-state index is 5.91. The van der Waals surface area contributed by atoms with Crippen LogP contribution in [0.3, 0.4) is 0 Å².